The van der Waals surface area contributed by atoms with E-state index in [4.69, 9.17) is 11.6 Å². The Morgan fingerprint density at radius 2 is 2.07 bits per heavy atom. The molecule has 1 aliphatic heterocycles. The normalized spacial score (nSPS) is 13.9. The molecule has 2 aromatic carbocycles. The first kappa shape index (κ1) is 19.0. The summed E-state index contributed by atoms with van der Waals surface area (Å²) in [6, 6.07) is 11.2. The van der Waals surface area contributed by atoms with Crippen LogP contribution < -0.4 is 20.9 Å². The van der Waals surface area contributed by atoms with Crippen molar-refractivity contribution in [2.75, 3.05) is 36.4 Å². The largest absolute Gasteiger partial charge is 0.359 e. The lowest BCUT2D eigenvalue weighted by molar-refractivity contribution is -0.120. The molecule has 0 radical (unpaired) electrons. The van der Waals surface area contributed by atoms with Crippen LogP contribution in [0.15, 0.2) is 42.5 Å². The monoisotopic (exact) mass is 390 g/mol. The van der Waals surface area contributed by atoms with Gasteiger partial charge < -0.3 is 20.9 Å². The van der Waals surface area contributed by atoms with Crippen LogP contribution in [0, 0.1) is 5.82 Å². The Labute approximate surface area is 161 Å². The zero-order valence-electron chi connectivity index (χ0n) is 14.6. The summed E-state index contributed by atoms with van der Waals surface area (Å²) in [7, 11) is 0. The van der Waals surface area contributed by atoms with E-state index in [0.717, 1.165) is 5.69 Å². The average Bonchev–Trinajstić information content (AvgIpc) is 2.63. The molecule has 3 N–H and O–H groups in total. The van der Waals surface area contributed by atoms with Crippen molar-refractivity contribution in [2.45, 2.75) is 6.42 Å². The summed E-state index contributed by atoms with van der Waals surface area (Å²) in [4.78, 5) is 25.4. The van der Waals surface area contributed by atoms with E-state index in [0.29, 0.717) is 42.3 Å². The summed E-state index contributed by atoms with van der Waals surface area (Å²) in [5.41, 5.74) is 1.83. The molecule has 3 amide bonds. The molecular formula is C19H20ClFN4O2. The molecule has 0 aliphatic carbocycles. The molecule has 0 atom stereocenters. The van der Waals surface area contributed by atoms with Gasteiger partial charge in [0.05, 0.1) is 17.3 Å². The molecule has 1 saturated heterocycles. The van der Waals surface area contributed by atoms with E-state index in [2.05, 4.69) is 16.0 Å². The summed E-state index contributed by atoms with van der Waals surface area (Å²) < 4.78 is 13.5. The summed E-state index contributed by atoms with van der Waals surface area (Å²) in [5.74, 6) is -0.331. The quantitative estimate of drug-likeness (QED) is 0.735. The van der Waals surface area contributed by atoms with Crippen molar-refractivity contribution in [3.8, 4) is 0 Å². The number of nitrogens with one attached hydrogen (secondary N) is 3. The second-order valence-corrected chi connectivity index (χ2v) is 6.57. The molecule has 8 heteroatoms. The highest BCUT2D eigenvalue weighted by atomic mass is 35.5. The predicted octanol–water partition coefficient (Wildman–Crippen LogP) is 2.78. The number of hydrogen-bond donors (Lipinski definition) is 3. The topological polar surface area (TPSA) is 73.5 Å². The van der Waals surface area contributed by atoms with Crippen LogP contribution in [0.4, 0.5) is 20.6 Å². The molecule has 0 saturated carbocycles. The number of urea groups is 1. The van der Waals surface area contributed by atoms with Gasteiger partial charge in [-0.1, -0.05) is 29.8 Å². The number of anilines is 2. The second kappa shape index (κ2) is 8.73. The average molecular weight is 391 g/mol. The molecule has 0 unspecified atom stereocenters. The van der Waals surface area contributed by atoms with Crippen LogP contribution >= 0.6 is 11.6 Å². The van der Waals surface area contributed by atoms with Gasteiger partial charge in [0.1, 0.15) is 5.82 Å². The molecule has 2 aromatic rings. The van der Waals surface area contributed by atoms with Crippen molar-refractivity contribution in [1.82, 2.24) is 10.6 Å². The Hall–Kier alpha value is -2.80. The van der Waals surface area contributed by atoms with Crippen LogP contribution in [0.2, 0.25) is 5.02 Å². The smallest absolute Gasteiger partial charge is 0.319 e. The van der Waals surface area contributed by atoms with Gasteiger partial charge in [0.15, 0.2) is 0 Å². The Bertz CT molecular complexity index is 846. The van der Waals surface area contributed by atoms with Crippen molar-refractivity contribution in [1.29, 1.82) is 0 Å². The highest BCUT2D eigenvalue weighted by Crippen LogP contribution is 2.29. The fourth-order valence-electron chi connectivity index (χ4n) is 2.87. The third-order valence-corrected chi connectivity index (χ3v) is 4.53. The fourth-order valence-corrected chi connectivity index (χ4v) is 3.17. The van der Waals surface area contributed by atoms with Crippen LogP contribution in [-0.4, -0.2) is 38.1 Å². The lowest BCUT2D eigenvalue weighted by Gasteiger charge is -2.29. The maximum absolute atomic E-state index is 13.5. The summed E-state index contributed by atoms with van der Waals surface area (Å²) in [5, 5.41) is 8.60. The molecule has 0 aromatic heterocycles. The van der Waals surface area contributed by atoms with E-state index in [9.17, 15) is 14.0 Å². The van der Waals surface area contributed by atoms with Crippen molar-refractivity contribution in [2.24, 2.45) is 0 Å². The molecule has 1 fully saturated rings. The minimum Gasteiger partial charge on any atom is -0.359 e. The van der Waals surface area contributed by atoms with Crippen molar-refractivity contribution in [3.63, 3.8) is 0 Å². The second-order valence-electron chi connectivity index (χ2n) is 6.16. The number of carbonyl (C=O) groups is 2. The Balaban J connectivity index is 1.53. The maximum Gasteiger partial charge on any atom is 0.319 e. The molecular weight excluding hydrogens is 371 g/mol. The molecule has 0 bridgehead atoms. The zero-order chi connectivity index (χ0) is 19.2. The number of rotatable bonds is 5. The van der Waals surface area contributed by atoms with E-state index in [-0.39, 0.29) is 18.3 Å². The summed E-state index contributed by atoms with van der Waals surface area (Å²) >= 11 is 6.31. The Morgan fingerprint density at radius 1 is 1.26 bits per heavy atom. The van der Waals surface area contributed by atoms with Gasteiger partial charge in [0.25, 0.3) is 0 Å². The third kappa shape index (κ3) is 5.10. The number of benzene rings is 2. The lowest BCUT2D eigenvalue weighted by atomic mass is 10.1. The van der Waals surface area contributed by atoms with Crippen LogP contribution in [0.3, 0.4) is 0 Å². The minimum atomic E-state index is -0.396. The molecule has 6 nitrogen and oxygen atoms in total. The summed E-state index contributed by atoms with van der Waals surface area (Å²) in [6.45, 7) is 1.80. The number of carbonyl (C=O) groups excluding carboxylic acids is 2. The molecule has 1 aliphatic rings. The molecule has 27 heavy (non-hydrogen) atoms. The van der Waals surface area contributed by atoms with Gasteiger partial charge in [0, 0.05) is 25.3 Å². The van der Waals surface area contributed by atoms with Gasteiger partial charge in [-0.15, -0.1) is 0 Å². The maximum atomic E-state index is 13.5. The van der Waals surface area contributed by atoms with E-state index in [1.807, 2.05) is 4.90 Å². The first-order valence-electron chi connectivity index (χ1n) is 8.62. The number of halogens is 2. The molecule has 142 valence electrons. The van der Waals surface area contributed by atoms with Crippen LogP contribution in [0.1, 0.15) is 5.56 Å². The highest BCUT2D eigenvalue weighted by Gasteiger charge is 2.18. The van der Waals surface area contributed by atoms with E-state index in [1.54, 1.807) is 36.4 Å². The Kier molecular flexibility index (Phi) is 6.13. The molecule has 1 heterocycles. The van der Waals surface area contributed by atoms with Crippen LogP contribution in [0.5, 0.6) is 0 Å². The van der Waals surface area contributed by atoms with Crippen LogP contribution in [0.25, 0.3) is 0 Å². The van der Waals surface area contributed by atoms with Crippen molar-refractivity contribution in [3.05, 3.63) is 58.9 Å². The number of nitrogens with zero attached hydrogens (tertiary/aromatic N) is 1. The van der Waals surface area contributed by atoms with E-state index in [1.165, 1.54) is 6.07 Å². The van der Waals surface area contributed by atoms with Gasteiger partial charge in [-0.2, -0.15) is 0 Å². The first-order valence-corrected chi connectivity index (χ1v) is 9.00. The van der Waals surface area contributed by atoms with Crippen molar-refractivity contribution < 1.29 is 14.0 Å². The fraction of sp³-hybridized carbons (Fsp3) is 0.263. The molecule has 3 rings (SSSR count). The summed E-state index contributed by atoms with van der Waals surface area (Å²) in [6.07, 6.45) is 0.400. The van der Waals surface area contributed by atoms with Gasteiger partial charge in [0.2, 0.25) is 5.91 Å². The molecule has 0 spiro atoms. The number of hydrogen-bond acceptors (Lipinski definition) is 3. The lowest BCUT2D eigenvalue weighted by Crippen LogP contribution is -2.47. The van der Waals surface area contributed by atoms with Gasteiger partial charge in [-0.25, -0.2) is 9.18 Å². The number of amides is 3. The van der Waals surface area contributed by atoms with E-state index >= 15 is 0 Å². The van der Waals surface area contributed by atoms with Crippen molar-refractivity contribution >= 4 is 34.9 Å². The zero-order valence-corrected chi connectivity index (χ0v) is 15.4. The highest BCUT2D eigenvalue weighted by molar-refractivity contribution is 6.33. The minimum absolute atomic E-state index is 0.0475. The van der Waals surface area contributed by atoms with Gasteiger partial charge >= 0.3 is 6.03 Å². The van der Waals surface area contributed by atoms with Gasteiger partial charge in [-0.3, -0.25) is 4.79 Å². The Morgan fingerprint density at radius 3 is 2.81 bits per heavy atom. The predicted molar refractivity (Wildman–Crippen MR) is 104 cm³/mol. The number of piperazine rings is 1. The third-order valence-electron chi connectivity index (χ3n) is 4.22. The standard InChI is InChI=1S/C19H20ClFN4O2/c20-15-11-14(5-6-17(15)25-10-9-22-18(26)12-25)24-19(27)23-8-7-13-3-1-2-4-16(13)21/h1-6,11H,7-10,12H2,(H,22,26)(H2,23,24,27). The van der Waals surface area contributed by atoms with Gasteiger partial charge in [-0.05, 0) is 36.2 Å². The SMILES string of the molecule is O=C1CN(c2ccc(NC(=O)NCCc3ccccc3F)cc2Cl)CCN1. The van der Waals surface area contributed by atoms with E-state index < -0.39 is 6.03 Å². The first-order chi connectivity index (χ1) is 13.0. The van der Waals surface area contributed by atoms with Crippen LogP contribution in [-0.2, 0) is 11.2 Å².